The summed E-state index contributed by atoms with van der Waals surface area (Å²) in [7, 11) is 1.24. The fourth-order valence-electron chi connectivity index (χ4n) is 2.07. The van der Waals surface area contributed by atoms with Crippen molar-refractivity contribution in [1.29, 1.82) is 0 Å². The number of amides is 1. The third-order valence-corrected chi connectivity index (χ3v) is 4.97. The van der Waals surface area contributed by atoms with Crippen LogP contribution >= 0.6 is 23.5 Å². The maximum Gasteiger partial charge on any atom is 0.346 e. The van der Waals surface area contributed by atoms with Gasteiger partial charge < -0.3 is 15.0 Å². The van der Waals surface area contributed by atoms with E-state index in [1.165, 1.54) is 18.9 Å². The fourth-order valence-corrected chi connectivity index (χ4v) is 3.50. The molecular weight excluding hydrogens is 362 g/mol. The molecule has 1 aromatic carbocycles. The van der Waals surface area contributed by atoms with Crippen LogP contribution in [0.2, 0.25) is 0 Å². The Morgan fingerprint density at radius 1 is 1.32 bits per heavy atom. The van der Waals surface area contributed by atoms with Crippen molar-refractivity contribution in [1.82, 2.24) is 9.97 Å². The van der Waals surface area contributed by atoms with Gasteiger partial charge in [-0.1, -0.05) is 23.9 Å². The van der Waals surface area contributed by atoms with E-state index in [2.05, 4.69) is 15.3 Å². The molecule has 9 heteroatoms. The normalized spacial score (nSPS) is 10.4. The van der Waals surface area contributed by atoms with Gasteiger partial charge in [-0.25, -0.2) is 9.59 Å². The lowest BCUT2D eigenvalue weighted by atomic mass is 10.2. The van der Waals surface area contributed by atoms with E-state index in [0.717, 1.165) is 16.7 Å². The van der Waals surface area contributed by atoms with Crippen LogP contribution in [0.15, 0.2) is 39.0 Å². The highest BCUT2D eigenvalue weighted by molar-refractivity contribution is 8.00. The van der Waals surface area contributed by atoms with Crippen LogP contribution in [-0.4, -0.2) is 41.0 Å². The number of hydrogen-bond donors (Lipinski definition) is 2. The highest BCUT2D eigenvalue weighted by Crippen LogP contribution is 2.26. The molecule has 0 aliphatic rings. The van der Waals surface area contributed by atoms with Crippen LogP contribution in [0.3, 0.4) is 0 Å². The van der Waals surface area contributed by atoms with E-state index in [-0.39, 0.29) is 22.2 Å². The molecule has 0 bridgehead atoms. The number of anilines is 1. The zero-order valence-corrected chi connectivity index (χ0v) is 15.5. The Morgan fingerprint density at radius 3 is 2.72 bits per heavy atom. The molecule has 25 heavy (non-hydrogen) atoms. The number of H-pyrrole nitrogens is 1. The minimum Gasteiger partial charge on any atom is -0.465 e. The van der Waals surface area contributed by atoms with Crippen molar-refractivity contribution < 1.29 is 14.3 Å². The Morgan fingerprint density at radius 2 is 2.04 bits per heavy atom. The van der Waals surface area contributed by atoms with E-state index in [0.29, 0.717) is 11.4 Å². The molecule has 2 aromatic rings. The lowest BCUT2D eigenvalue weighted by Gasteiger charge is -2.10. The van der Waals surface area contributed by atoms with E-state index < -0.39 is 11.7 Å². The third-order valence-electron chi connectivity index (χ3n) is 3.20. The number of benzene rings is 1. The van der Waals surface area contributed by atoms with Gasteiger partial charge in [-0.2, -0.15) is 4.98 Å². The van der Waals surface area contributed by atoms with Crippen LogP contribution in [-0.2, 0) is 9.53 Å². The predicted octanol–water partition coefficient (Wildman–Crippen LogP) is 2.32. The number of carbonyl (C=O) groups is 2. The van der Waals surface area contributed by atoms with Gasteiger partial charge in [0.2, 0.25) is 5.91 Å². The zero-order valence-electron chi connectivity index (χ0n) is 13.9. The summed E-state index contributed by atoms with van der Waals surface area (Å²) in [6.45, 7) is 1.58. The molecule has 0 spiro atoms. The van der Waals surface area contributed by atoms with Gasteiger partial charge in [0, 0.05) is 10.6 Å². The minimum atomic E-state index is -0.614. The van der Waals surface area contributed by atoms with Gasteiger partial charge in [-0.3, -0.25) is 4.79 Å². The molecule has 1 amide bonds. The first kappa shape index (κ1) is 19.1. The Bertz CT molecular complexity index is 852. The first-order chi connectivity index (χ1) is 12.0. The van der Waals surface area contributed by atoms with Crippen LogP contribution < -0.4 is 11.0 Å². The smallest absolute Gasteiger partial charge is 0.346 e. The number of esters is 1. The maximum absolute atomic E-state index is 12.2. The van der Waals surface area contributed by atoms with Crippen molar-refractivity contribution in [3.63, 3.8) is 0 Å². The second-order valence-corrected chi connectivity index (χ2v) is 6.69. The first-order valence-electron chi connectivity index (χ1n) is 7.21. The van der Waals surface area contributed by atoms with Crippen LogP contribution in [0, 0.1) is 6.92 Å². The van der Waals surface area contributed by atoms with Crippen molar-refractivity contribution in [2.24, 2.45) is 0 Å². The molecule has 2 rings (SSSR count). The monoisotopic (exact) mass is 379 g/mol. The molecule has 1 aromatic heterocycles. The van der Waals surface area contributed by atoms with Gasteiger partial charge in [0.15, 0.2) is 0 Å². The molecule has 132 valence electrons. The standard InChI is InChI=1S/C16H17N3O4S2/c1-9-13(15(21)23-2)14(19-16(22)17-9)25-8-12(20)18-10-6-4-5-7-11(10)24-3/h4-7H,8H2,1-3H3,(H,18,20)(H,17,19,22). The third kappa shape index (κ3) is 4.86. The molecule has 0 atom stereocenters. The number of hydrogen-bond acceptors (Lipinski definition) is 7. The van der Waals surface area contributed by atoms with E-state index in [1.807, 2.05) is 30.5 Å². The number of aryl methyl sites for hydroxylation is 1. The molecule has 0 saturated heterocycles. The van der Waals surface area contributed by atoms with Crippen LogP contribution in [0.1, 0.15) is 16.1 Å². The summed E-state index contributed by atoms with van der Waals surface area (Å²) >= 11 is 2.53. The minimum absolute atomic E-state index is 0.00258. The molecule has 1 heterocycles. The van der Waals surface area contributed by atoms with Crippen molar-refractivity contribution >= 4 is 41.1 Å². The summed E-state index contributed by atoms with van der Waals surface area (Å²) in [5.41, 5.74) is 0.636. The summed E-state index contributed by atoms with van der Waals surface area (Å²) < 4.78 is 4.71. The number of rotatable bonds is 6. The van der Waals surface area contributed by atoms with Crippen molar-refractivity contribution in [2.75, 3.05) is 24.4 Å². The Balaban J connectivity index is 2.14. The molecule has 2 N–H and O–H groups in total. The van der Waals surface area contributed by atoms with E-state index in [9.17, 15) is 14.4 Å². The SMILES string of the molecule is COC(=O)c1c(SCC(=O)Nc2ccccc2SC)nc(=O)[nH]c1C. The zero-order chi connectivity index (χ0) is 18.4. The lowest BCUT2D eigenvalue weighted by Crippen LogP contribution is -2.20. The highest BCUT2D eigenvalue weighted by Gasteiger charge is 2.19. The van der Waals surface area contributed by atoms with Gasteiger partial charge in [0.25, 0.3) is 0 Å². The molecule has 0 aliphatic carbocycles. The van der Waals surface area contributed by atoms with E-state index in [4.69, 9.17) is 4.74 Å². The number of para-hydroxylation sites is 1. The second-order valence-electron chi connectivity index (χ2n) is 4.88. The first-order valence-corrected chi connectivity index (χ1v) is 9.42. The average molecular weight is 379 g/mol. The van der Waals surface area contributed by atoms with Crippen molar-refractivity contribution in [2.45, 2.75) is 16.8 Å². The van der Waals surface area contributed by atoms with Crippen LogP contribution in [0.5, 0.6) is 0 Å². The molecule has 0 fully saturated rings. The summed E-state index contributed by atoms with van der Waals surface area (Å²) in [6.07, 6.45) is 1.92. The molecule has 7 nitrogen and oxygen atoms in total. The predicted molar refractivity (Wildman–Crippen MR) is 98.5 cm³/mol. The number of aromatic nitrogens is 2. The van der Waals surface area contributed by atoms with Crippen molar-refractivity contribution in [3.8, 4) is 0 Å². The van der Waals surface area contributed by atoms with Gasteiger partial charge in [0.1, 0.15) is 10.6 Å². The lowest BCUT2D eigenvalue weighted by molar-refractivity contribution is -0.113. The Labute approximate surface area is 153 Å². The molecule has 0 radical (unpaired) electrons. The van der Waals surface area contributed by atoms with E-state index in [1.54, 1.807) is 6.92 Å². The summed E-state index contributed by atoms with van der Waals surface area (Å²) in [5, 5.41) is 2.98. The number of carbonyl (C=O) groups excluding carboxylic acids is 2. The maximum atomic E-state index is 12.2. The Hall–Kier alpha value is -2.26. The number of thioether (sulfide) groups is 2. The molecule has 0 aliphatic heterocycles. The van der Waals surface area contributed by atoms with Crippen LogP contribution in [0.25, 0.3) is 0 Å². The number of nitrogens with zero attached hydrogens (tertiary/aromatic N) is 1. The molecule has 0 saturated carbocycles. The topological polar surface area (TPSA) is 101 Å². The van der Waals surface area contributed by atoms with Gasteiger partial charge in [-0.05, 0) is 25.3 Å². The fraction of sp³-hybridized carbons (Fsp3) is 0.250. The Kier molecular flexibility index (Phi) is 6.65. The number of aromatic amines is 1. The molecule has 0 unspecified atom stereocenters. The second kappa shape index (κ2) is 8.72. The van der Waals surface area contributed by atoms with Gasteiger partial charge >= 0.3 is 11.7 Å². The average Bonchev–Trinajstić information content (AvgIpc) is 2.59. The van der Waals surface area contributed by atoms with Crippen molar-refractivity contribution in [3.05, 3.63) is 46.0 Å². The molecular formula is C16H17N3O4S2. The highest BCUT2D eigenvalue weighted by atomic mass is 32.2. The van der Waals surface area contributed by atoms with E-state index >= 15 is 0 Å². The largest absolute Gasteiger partial charge is 0.465 e. The van der Waals surface area contributed by atoms with Gasteiger partial charge in [-0.15, -0.1) is 11.8 Å². The van der Waals surface area contributed by atoms with Crippen LogP contribution in [0.4, 0.5) is 5.69 Å². The number of methoxy groups -OCH3 is 1. The van der Waals surface area contributed by atoms with Gasteiger partial charge in [0.05, 0.1) is 18.6 Å². The number of nitrogens with one attached hydrogen (secondary N) is 2. The quantitative estimate of drug-likeness (QED) is 0.451. The number of ether oxygens (including phenoxy) is 1. The summed E-state index contributed by atoms with van der Waals surface area (Å²) in [6, 6.07) is 7.44. The summed E-state index contributed by atoms with van der Waals surface area (Å²) in [4.78, 5) is 42.8. The summed E-state index contributed by atoms with van der Waals surface area (Å²) in [5.74, 6) is -0.873.